The molecule has 0 aliphatic rings. The Bertz CT molecular complexity index is 1010. The summed E-state index contributed by atoms with van der Waals surface area (Å²) in [5, 5.41) is 4.51. The minimum Gasteiger partial charge on any atom is -0.477 e. The largest absolute Gasteiger partial charge is 0.477 e. The third-order valence-corrected chi connectivity index (χ3v) is 7.05. The lowest BCUT2D eigenvalue weighted by atomic mass is 10.1. The highest BCUT2D eigenvalue weighted by molar-refractivity contribution is 7.87. The summed E-state index contributed by atoms with van der Waals surface area (Å²) in [5.41, 5.74) is 6.35. The smallest absolute Gasteiger partial charge is 0.420 e. The van der Waals surface area contributed by atoms with Gasteiger partial charge in [0.15, 0.2) is 0 Å². The second kappa shape index (κ2) is 12.3. The second-order valence-electron chi connectivity index (χ2n) is 7.43. The van der Waals surface area contributed by atoms with E-state index >= 15 is 0 Å². The molecule has 0 radical (unpaired) electrons. The van der Waals surface area contributed by atoms with Crippen molar-refractivity contribution in [2.75, 3.05) is 6.61 Å². The topological polar surface area (TPSA) is 114 Å². The van der Waals surface area contributed by atoms with Gasteiger partial charge in [-0.15, -0.1) is 5.10 Å². The fourth-order valence-electron chi connectivity index (χ4n) is 3.13. The van der Waals surface area contributed by atoms with E-state index in [1.165, 1.54) is 0 Å². The Morgan fingerprint density at radius 1 is 1.19 bits per heavy atom. The maximum Gasteiger partial charge on any atom is 0.420 e. The van der Waals surface area contributed by atoms with Crippen molar-refractivity contribution in [3.05, 3.63) is 45.6 Å². The molecule has 0 bridgehead atoms. The van der Waals surface area contributed by atoms with Crippen LogP contribution in [0.5, 0.6) is 5.88 Å². The Labute approximate surface area is 199 Å². The molecule has 2 aromatic rings. The van der Waals surface area contributed by atoms with E-state index in [1.54, 1.807) is 28.9 Å². The SMILES string of the molecule is CCCCOc1cc(CC(CCCC)S(=O)(=O)OC(N)=O)n(Cc2ccc(Cl)cc2Cl)n1. The van der Waals surface area contributed by atoms with Gasteiger partial charge >= 0.3 is 16.2 Å². The van der Waals surface area contributed by atoms with Gasteiger partial charge in [-0.25, -0.2) is 4.79 Å². The molecule has 1 unspecified atom stereocenters. The van der Waals surface area contributed by atoms with Crippen LogP contribution in [0.4, 0.5) is 4.79 Å². The van der Waals surface area contributed by atoms with E-state index in [1.807, 2.05) is 6.92 Å². The van der Waals surface area contributed by atoms with Gasteiger partial charge in [0, 0.05) is 28.2 Å². The highest BCUT2D eigenvalue weighted by Crippen LogP contribution is 2.25. The second-order valence-corrected chi connectivity index (χ2v) is 10.1. The van der Waals surface area contributed by atoms with E-state index in [0.29, 0.717) is 47.6 Å². The van der Waals surface area contributed by atoms with Gasteiger partial charge in [-0.2, -0.15) is 8.42 Å². The zero-order valence-corrected chi connectivity index (χ0v) is 20.5. The lowest BCUT2D eigenvalue weighted by Gasteiger charge is -2.17. The van der Waals surface area contributed by atoms with E-state index in [9.17, 15) is 13.2 Å². The first-order valence-electron chi connectivity index (χ1n) is 10.5. The zero-order chi connectivity index (χ0) is 23.7. The average Bonchev–Trinajstić information content (AvgIpc) is 3.07. The maximum atomic E-state index is 12.6. The third-order valence-electron chi connectivity index (χ3n) is 4.85. The van der Waals surface area contributed by atoms with E-state index in [4.69, 9.17) is 33.7 Å². The van der Waals surface area contributed by atoms with Gasteiger partial charge in [-0.3, -0.25) is 4.68 Å². The third kappa shape index (κ3) is 7.86. The number of rotatable bonds is 13. The van der Waals surface area contributed by atoms with Crippen LogP contribution in [0.1, 0.15) is 57.2 Å². The van der Waals surface area contributed by atoms with Crippen molar-refractivity contribution < 1.29 is 22.1 Å². The summed E-state index contributed by atoms with van der Waals surface area (Å²) in [5.74, 6) is 0.390. The molecule has 1 aromatic carbocycles. The number of hydrogen-bond acceptors (Lipinski definition) is 6. The molecule has 1 aromatic heterocycles. The fourth-order valence-corrected chi connectivity index (χ4v) is 4.79. The van der Waals surface area contributed by atoms with Gasteiger partial charge in [0.05, 0.1) is 13.2 Å². The summed E-state index contributed by atoms with van der Waals surface area (Å²) >= 11 is 12.3. The number of carbonyl (C=O) groups is 1. The standard InChI is InChI=1S/C21H29Cl2N3O5S/c1-3-5-7-18(32(28,29)31-21(24)27)12-17-13-20(30-10-6-4-2)25-26(17)14-15-8-9-16(22)11-19(15)23/h8-9,11,13,18H,3-7,10,12,14H2,1-2H3,(H2,24,27). The Hall–Kier alpha value is -1.97. The molecule has 0 saturated heterocycles. The molecule has 0 spiro atoms. The molecule has 1 atom stereocenters. The van der Waals surface area contributed by atoms with Gasteiger partial charge < -0.3 is 14.7 Å². The number of amides is 1. The highest BCUT2D eigenvalue weighted by atomic mass is 35.5. The van der Waals surface area contributed by atoms with Crippen molar-refractivity contribution >= 4 is 39.4 Å². The van der Waals surface area contributed by atoms with Crippen LogP contribution < -0.4 is 10.5 Å². The van der Waals surface area contributed by atoms with Gasteiger partial charge in [-0.05, 0) is 30.5 Å². The summed E-state index contributed by atoms with van der Waals surface area (Å²) in [6, 6.07) is 6.85. The number of benzene rings is 1. The first-order valence-corrected chi connectivity index (χ1v) is 12.7. The first kappa shape index (κ1) is 26.3. The highest BCUT2D eigenvalue weighted by Gasteiger charge is 2.30. The summed E-state index contributed by atoms with van der Waals surface area (Å²) in [6.45, 7) is 4.79. The van der Waals surface area contributed by atoms with Gasteiger partial charge in [0.2, 0.25) is 5.88 Å². The number of primary amides is 1. The van der Waals surface area contributed by atoms with Crippen molar-refractivity contribution in [3.63, 3.8) is 0 Å². The first-order chi connectivity index (χ1) is 15.2. The molecule has 2 N–H and O–H groups in total. The monoisotopic (exact) mass is 505 g/mol. The normalized spacial score (nSPS) is 12.5. The number of aromatic nitrogens is 2. The molecule has 0 fully saturated rings. The Morgan fingerprint density at radius 3 is 2.53 bits per heavy atom. The molecule has 1 amide bonds. The molecular formula is C21H29Cl2N3O5S. The predicted molar refractivity (Wildman–Crippen MR) is 125 cm³/mol. The number of carbonyl (C=O) groups excluding carboxylic acids is 1. The lowest BCUT2D eigenvalue weighted by Crippen LogP contribution is -2.31. The minimum atomic E-state index is -4.21. The number of halogens is 2. The predicted octanol–water partition coefficient (Wildman–Crippen LogP) is 4.94. The summed E-state index contributed by atoms with van der Waals surface area (Å²) in [4.78, 5) is 11.1. The Kier molecular flexibility index (Phi) is 10.1. The van der Waals surface area contributed by atoms with Gasteiger partial charge in [0.25, 0.3) is 0 Å². The van der Waals surface area contributed by atoms with Crippen LogP contribution in [0.3, 0.4) is 0 Å². The molecule has 178 valence electrons. The molecule has 0 aliphatic heterocycles. The van der Waals surface area contributed by atoms with Crippen LogP contribution in [0.25, 0.3) is 0 Å². The Balaban J connectivity index is 2.37. The zero-order valence-electron chi connectivity index (χ0n) is 18.2. The quantitative estimate of drug-likeness (QED) is 0.304. The minimum absolute atomic E-state index is 0.0744. The summed E-state index contributed by atoms with van der Waals surface area (Å²) in [7, 11) is -4.21. The summed E-state index contributed by atoms with van der Waals surface area (Å²) < 4.78 is 37.1. The van der Waals surface area contributed by atoms with Crippen LogP contribution in [-0.4, -0.2) is 36.1 Å². The van der Waals surface area contributed by atoms with Crippen molar-refractivity contribution in [1.29, 1.82) is 0 Å². The van der Waals surface area contributed by atoms with Crippen molar-refractivity contribution in [2.24, 2.45) is 5.73 Å². The number of nitrogens with two attached hydrogens (primary N) is 1. The maximum absolute atomic E-state index is 12.6. The van der Waals surface area contributed by atoms with Crippen LogP contribution in [0.15, 0.2) is 24.3 Å². The lowest BCUT2D eigenvalue weighted by molar-refractivity contribution is 0.211. The molecule has 0 saturated carbocycles. The number of hydrogen-bond donors (Lipinski definition) is 1. The molecule has 2 rings (SSSR count). The van der Waals surface area contributed by atoms with Crippen molar-refractivity contribution in [2.45, 2.75) is 64.2 Å². The number of nitrogens with zero attached hydrogens (tertiary/aromatic N) is 2. The number of unbranched alkanes of at least 4 members (excludes halogenated alkanes) is 2. The van der Waals surface area contributed by atoms with Crippen molar-refractivity contribution in [3.8, 4) is 5.88 Å². The van der Waals surface area contributed by atoms with Gasteiger partial charge in [-0.1, -0.05) is 62.4 Å². The van der Waals surface area contributed by atoms with E-state index in [2.05, 4.69) is 16.2 Å². The van der Waals surface area contributed by atoms with Crippen LogP contribution >= 0.6 is 23.2 Å². The van der Waals surface area contributed by atoms with E-state index in [-0.39, 0.29) is 6.42 Å². The Morgan fingerprint density at radius 2 is 1.91 bits per heavy atom. The van der Waals surface area contributed by atoms with Crippen molar-refractivity contribution in [1.82, 2.24) is 9.78 Å². The molecule has 32 heavy (non-hydrogen) atoms. The van der Waals surface area contributed by atoms with Crippen LogP contribution in [0, 0.1) is 0 Å². The van der Waals surface area contributed by atoms with E-state index < -0.39 is 21.5 Å². The molecule has 0 aliphatic carbocycles. The van der Waals surface area contributed by atoms with Crippen LogP contribution in [-0.2, 0) is 27.3 Å². The number of ether oxygens (including phenoxy) is 1. The fraction of sp³-hybridized carbons (Fsp3) is 0.524. The van der Waals surface area contributed by atoms with Crippen LogP contribution in [0.2, 0.25) is 10.0 Å². The van der Waals surface area contributed by atoms with Gasteiger partial charge in [0.1, 0.15) is 5.25 Å². The molecule has 8 nitrogen and oxygen atoms in total. The molecule has 1 heterocycles. The average molecular weight is 506 g/mol. The van der Waals surface area contributed by atoms with E-state index in [0.717, 1.165) is 24.8 Å². The molecule has 11 heteroatoms. The summed E-state index contributed by atoms with van der Waals surface area (Å²) in [6.07, 6.45) is 2.30. The molecular weight excluding hydrogens is 477 g/mol.